The molecule has 0 unspecified atom stereocenters. The molecule has 0 fully saturated rings. The van der Waals surface area contributed by atoms with Crippen molar-refractivity contribution in [3.63, 3.8) is 0 Å². The Morgan fingerprint density at radius 1 is 1.05 bits per heavy atom. The molecular formula is C15H14F2N2O. The molecule has 0 saturated heterocycles. The first-order chi connectivity index (χ1) is 9.54. The van der Waals surface area contributed by atoms with Crippen molar-refractivity contribution >= 4 is 17.3 Å². The highest BCUT2D eigenvalue weighted by Gasteiger charge is 2.04. The normalized spacial score (nSPS) is 10.2. The van der Waals surface area contributed by atoms with Crippen LogP contribution in [0.5, 0.6) is 0 Å². The highest BCUT2D eigenvalue weighted by atomic mass is 19.1. The van der Waals surface area contributed by atoms with Crippen LogP contribution in [-0.2, 0) is 4.79 Å². The first-order valence-electron chi connectivity index (χ1n) is 6.10. The maximum Gasteiger partial charge on any atom is 0.243 e. The Morgan fingerprint density at radius 2 is 1.70 bits per heavy atom. The topological polar surface area (TPSA) is 41.1 Å². The van der Waals surface area contributed by atoms with Crippen LogP contribution in [-0.4, -0.2) is 12.5 Å². The maximum atomic E-state index is 13.3. The van der Waals surface area contributed by atoms with Gasteiger partial charge in [0, 0.05) is 11.4 Å². The van der Waals surface area contributed by atoms with Crippen molar-refractivity contribution in [1.29, 1.82) is 0 Å². The molecule has 5 heteroatoms. The summed E-state index contributed by atoms with van der Waals surface area (Å²) in [4.78, 5) is 11.7. The molecule has 2 aromatic rings. The van der Waals surface area contributed by atoms with Crippen LogP contribution >= 0.6 is 0 Å². The largest absolute Gasteiger partial charge is 0.376 e. The standard InChI is InChI=1S/C15H14F2N2O/c1-10-2-5-13(8-14(10)17)18-9-15(20)19-12-6-3-11(16)4-7-12/h2-8,18H,9H2,1H3,(H,19,20). The van der Waals surface area contributed by atoms with Crippen LogP contribution in [0.3, 0.4) is 0 Å². The second-order valence-electron chi connectivity index (χ2n) is 4.37. The summed E-state index contributed by atoms with van der Waals surface area (Å²) in [7, 11) is 0. The van der Waals surface area contributed by atoms with Crippen molar-refractivity contribution in [2.45, 2.75) is 6.92 Å². The molecule has 0 bridgehead atoms. The SMILES string of the molecule is Cc1ccc(NCC(=O)Nc2ccc(F)cc2)cc1F. The fourth-order valence-corrected chi connectivity index (χ4v) is 1.62. The highest BCUT2D eigenvalue weighted by Crippen LogP contribution is 2.13. The van der Waals surface area contributed by atoms with Crippen molar-refractivity contribution < 1.29 is 13.6 Å². The van der Waals surface area contributed by atoms with Gasteiger partial charge < -0.3 is 10.6 Å². The average Bonchev–Trinajstić information content (AvgIpc) is 2.43. The quantitative estimate of drug-likeness (QED) is 0.899. The molecule has 0 spiro atoms. The van der Waals surface area contributed by atoms with Crippen molar-refractivity contribution in [3.05, 3.63) is 59.7 Å². The van der Waals surface area contributed by atoms with Crippen LogP contribution in [0.4, 0.5) is 20.2 Å². The van der Waals surface area contributed by atoms with E-state index >= 15 is 0 Å². The predicted molar refractivity (Wildman–Crippen MR) is 74.7 cm³/mol. The van der Waals surface area contributed by atoms with E-state index in [-0.39, 0.29) is 24.1 Å². The van der Waals surface area contributed by atoms with Crippen molar-refractivity contribution in [3.8, 4) is 0 Å². The lowest BCUT2D eigenvalue weighted by Crippen LogP contribution is -2.21. The van der Waals surface area contributed by atoms with Crippen molar-refractivity contribution in [2.75, 3.05) is 17.2 Å². The molecule has 0 aromatic heterocycles. The zero-order valence-electron chi connectivity index (χ0n) is 10.9. The van der Waals surface area contributed by atoms with E-state index < -0.39 is 0 Å². The van der Waals surface area contributed by atoms with E-state index in [4.69, 9.17) is 0 Å². The number of carbonyl (C=O) groups excluding carboxylic acids is 1. The van der Waals surface area contributed by atoms with Gasteiger partial charge in [-0.3, -0.25) is 4.79 Å². The van der Waals surface area contributed by atoms with Crippen LogP contribution in [0.15, 0.2) is 42.5 Å². The van der Waals surface area contributed by atoms with Crippen LogP contribution in [0.2, 0.25) is 0 Å². The van der Waals surface area contributed by atoms with E-state index in [9.17, 15) is 13.6 Å². The second-order valence-corrected chi connectivity index (χ2v) is 4.37. The summed E-state index contributed by atoms with van der Waals surface area (Å²) < 4.78 is 26.0. The first-order valence-corrected chi connectivity index (χ1v) is 6.10. The number of aryl methyl sites for hydroxylation is 1. The lowest BCUT2D eigenvalue weighted by molar-refractivity contribution is -0.114. The Kier molecular flexibility index (Phi) is 4.30. The van der Waals surface area contributed by atoms with Crippen LogP contribution in [0, 0.1) is 18.6 Å². The number of rotatable bonds is 4. The minimum Gasteiger partial charge on any atom is -0.376 e. The van der Waals surface area contributed by atoms with Gasteiger partial charge in [-0.15, -0.1) is 0 Å². The third-order valence-corrected chi connectivity index (χ3v) is 2.75. The third kappa shape index (κ3) is 3.78. The Morgan fingerprint density at radius 3 is 2.35 bits per heavy atom. The summed E-state index contributed by atoms with van der Waals surface area (Å²) in [5.74, 6) is -0.984. The molecule has 0 saturated carbocycles. The average molecular weight is 276 g/mol. The van der Waals surface area contributed by atoms with Crippen molar-refractivity contribution in [1.82, 2.24) is 0 Å². The van der Waals surface area contributed by atoms with E-state index in [0.717, 1.165) is 0 Å². The maximum absolute atomic E-state index is 13.3. The van der Waals surface area contributed by atoms with Gasteiger partial charge in [0.15, 0.2) is 0 Å². The number of hydrogen-bond donors (Lipinski definition) is 2. The van der Waals surface area contributed by atoms with Gasteiger partial charge in [-0.2, -0.15) is 0 Å². The second kappa shape index (κ2) is 6.14. The molecule has 104 valence electrons. The van der Waals surface area contributed by atoms with Gasteiger partial charge in [0.25, 0.3) is 0 Å². The number of carbonyl (C=O) groups is 1. The minimum atomic E-state index is -0.365. The van der Waals surface area contributed by atoms with Crippen molar-refractivity contribution in [2.24, 2.45) is 0 Å². The molecule has 0 atom stereocenters. The lowest BCUT2D eigenvalue weighted by Gasteiger charge is -2.08. The number of amides is 1. The van der Waals surface area contributed by atoms with E-state index in [0.29, 0.717) is 16.9 Å². The van der Waals surface area contributed by atoms with Crippen LogP contribution < -0.4 is 10.6 Å². The summed E-state index contributed by atoms with van der Waals surface area (Å²) in [6, 6.07) is 10.1. The molecule has 2 rings (SSSR count). The van der Waals surface area contributed by atoms with Gasteiger partial charge >= 0.3 is 0 Å². The molecule has 20 heavy (non-hydrogen) atoms. The molecule has 0 heterocycles. The molecule has 2 aromatic carbocycles. The fourth-order valence-electron chi connectivity index (χ4n) is 1.62. The number of nitrogens with one attached hydrogen (secondary N) is 2. The Balaban J connectivity index is 1.88. The Hall–Kier alpha value is -2.43. The summed E-state index contributed by atoms with van der Waals surface area (Å²) in [5.41, 5.74) is 1.59. The lowest BCUT2D eigenvalue weighted by atomic mass is 10.2. The molecule has 2 N–H and O–H groups in total. The third-order valence-electron chi connectivity index (χ3n) is 2.75. The number of benzene rings is 2. The monoisotopic (exact) mass is 276 g/mol. The molecule has 0 aliphatic rings. The van der Waals surface area contributed by atoms with E-state index in [1.807, 2.05) is 0 Å². The molecule has 0 radical (unpaired) electrons. The van der Waals surface area contributed by atoms with Crippen LogP contribution in [0.25, 0.3) is 0 Å². The van der Waals surface area contributed by atoms with Gasteiger partial charge in [-0.1, -0.05) is 6.07 Å². The van der Waals surface area contributed by atoms with Gasteiger partial charge in [0.05, 0.1) is 6.54 Å². The minimum absolute atomic E-state index is 0.000122. The highest BCUT2D eigenvalue weighted by molar-refractivity contribution is 5.93. The van der Waals surface area contributed by atoms with E-state index in [1.54, 1.807) is 19.1 Å². The summed E-state index contributed by atoms with van der Waals surface area (Å²) in [6.45, 7) is 1.67. The van der Waals surface area contributed by atoms with Gasteiger partial charge in [-0.25, -0.2) is 8.78 Å². The predicted octanol–water partition coefficient (Wildman–Crippen LogP) is 3.32. The van der Waals surface area contributed by atoms with Crippen LogP contribution in [0.1, 0.15) is 5.56 Å². The zero-order chi connectivity index (χ0) is 14.5. The van der Waals surface area contributed by atoms with Gasteiger partial charge in [-0.05, 0) is 48.9 Å². The molecule has 0 aliphatic heterocycles. The van der Waals surface area contributed by atoms with E-state index in [1.165, 1.54) is 30.3 Å². The molecule has 3 nitrogen and oxygen atoms in total. The van der Waals surface area contributed by atoms with Gasteiger partial charge in [0.2, 0.25) is 5.91 Å². The summed E-state index contributed by atoms with van der Waals surface area (Å²) in [6.07, 6.45) is 0. The van der Waals surface area contributed by atoms with Gasteiger partial charge in [0.1, 0.15) is 11.6 Å². The first kappa shape index (κ1) is 14.0. The Bertz CT molecular complexity index is 612. The zero-order valence-corrected chi connectivity index (χ0v) is 10.9. The number of hydrogen-bond acceptors (Lipinski definition) is 2. The fraction of sp³-hybridized carbons (Fsp3) is 0.133. The molecule has 1 amide bonds. The smallest absolute Gasteiger partial charge is 0.243 e. The summed E-state index contributed by atoms with van der Waals surface area (Å²) >= 11 is 0. The molecule has 0 aliphatic carbocycles. The molecular weight excluding hydrogens is 262 g/mol. The number of halogens is 2. The summed E-state index contributed by atoms with van der Waals surface area (Å²) in [5, 5.41) is 5.42. The Labute approximate surface area is 115 Å². The number of anilines is 2. The van der Waals surface area contributed by atoms with E-state index in [2.05, 4.69) is 10.6 Å².